The van der Waals surface area contributed by atoms with E-state index in [0.29, 0.717) is 14.3 Å². The fourth-order valence-electron chi connectivity index (χ4n) is 2.97. The van der Waals surface area contributed by atoms with Crippen LogP contribution in [0.3, 0.4) is 0 Å². The number of aliphatic imine (C=N–C) groups is 1. The monoisotopic (exact) mass is 375 g/mol. The SMILES string of the molecule is Cc1cc(Pc2ccccc2/C=N/c2ccccc2)c(O)c(C(C)(C)C)c1. The average Bonchev–Trinajstić information content (AvgIpc) is 2.63. The quantitative estimate of drug-likeness (QED) is 0.482. The fourth-order valence-corrected chi connectivity index (χ4v) is 4.29. The summed E-state index contributed by atoms with van der Waals surface area (Å²) in [6, 6.07) is 22.4. The van der Waals surface area contributed by atoms with Gasteiger partial charge in [-0.05, 0) is 41.4 Å². The minimum absolute atomic E-state index is 0.0936. The van der Waals surface area contributed by atoms with Gasteiger partial charge in [0.15, 0.2) is 0 Å². The Balaban J connectivity index is 1.96. The molecule has 0 bridgehead atoms. The smallest absolute Gasteiger partial charge is 0.127 e. The molecule has 138 valence electrons. The zero-order valence-corrected chi connectivity index (χ0v) is 17.3. The van der Waals surface area contributed by atoms with Crippen molar-refractivity contribution >= 4 is 31.1 Å². The van der Waals surface area contributed by atoms with Gasteiger partial charge in [-0.15, -0.1) is 0 Å². The highest BCUT2D eigenvalue weighted by Gasteiger charge is 2.21. The number of aromatic hydroxyl groups is 1. The number of hydrogen-bond donors (Lipinski definition) is 1. The van der Waals surface area contributed by atoms with Crippen molar-refractivity contribution in [1.29, 1.82) is 0 Å². The molecule has 0 saturated carbocycles. The van der Waals surface area contributed by atoms with Crippen molar-refractivity contribution in [3.63, 3.8) is 0 Å². The molecule has 0 radical (unpaired) electrons. The highest BCUT2D eigenvalue weighted by molar-refractivity contribution is 7.56. The lowest BCUT2D eigenvalue weighted by molar-refractivity contribution is 0.450. The Morgan fingerprint density at radius 2 is 1.56 bits per heavy atom. The van der Waals surface area contributed by atoms with E-state index in [9.17, 15) is 5.11 Å². The van der Waals surface area contributed by atoms with E-state index in [-0.39, 0.29) is 5.41 Å². The Kier molecular flexibility index (Phi) is 5.77. The first-order valence-electron chi connectivity index (χ1n) is 9.14. The molecule has 27 heavy (non-hydrogen) atoms. The van der Waals surface area contributed by atoms with Gasteiger partial charge in [0.25, 0.3) is 0 Å². The molecule has 0 fully saturated rings. The molecular formula is C24H26NOP. The lowest BCUT2D eigenvalue weighted by atomic mass is 9.85. The standard InChI is InChI=1S/C24H26NOP/c1-17-14-20(24(2,3)4)23(26)22(15-17)27-21-13-9-8-10-18(21)16-25-19-11-6-5-7-12-19/h5-16,26-27H,1-4H3/b25-16+. The van der Waals surface area contributed by atoms with Crippen molar-refractivity contribution in [3.8, 4) is 5.75 Å². The van der Waals surface area contributed by atoms with Gasteiger partial charge >= 0.3 is 0 Å². The number of rotatable bonds is 4. The molecule has 3 rings (SSSR count). The Bertz CT molecular complexity index is 956. The van der Waals surface area contributed by atoms with Gasteiger partial charge in [0.1, 0.15) is 5.75 Å². The van der Waals surface area contributed by atoms with Crippen molar-refractivity contribution in [2.75, 3.05) is 0 Å². The van der Waals surface area contributed by atoms with E-state index in [1.807, 2.05) is 48.7 Å². The highest BCUT2D eigenvalue weighted by Crippen LogP contribution is 2.33. The first-order chi connectivity index (χ1) is 12.8. The van der Waals surface area contributed by atoms with E-state index in [1.54, 1.807) is 0 Å². The fraction of sp³-hybridized carbons (Fsp3) is 0.208. The lowest BCUT2D eigenvalue weighted by Gasteiger charge is -2.23. The topological polar surface area (TPSA) is 32.6 Å². The van der Waals surface area contributed by atoms with Gasteiger partial charge in [0, 0.05) is 22.6 Å². The molecular weight excluding hydrogens is 349 g/mol. The van der Waals surface area contributed by atoms with Gasteiger partial charge in [-0.25, -0.2) is 0 Å². The summed E-state index contributed by atoms with van der Waals surface area (Å²) in [7, 11) is 0.373. The summed E-state index contributed by atoms with van der Waals surface area (Å²) in [4.78, 5) is 4.59. The molecule has 2 nitrogen and oxygen atoms in total. The third-order valence-corrected chi connectivity index (χ3v) is 5.78. The average molecular weight is 375 g/mol. The van der Waals surface area contributed by atoms with Crippen molar-refractivity contribution in [1.82, 2.24) is 0 Å². The van der Waals surface area contributed by atoms with Gasteiger partial charge in [0.2, 0.25) is 0 Å². The van der Waals surface area contributed by atoms with Crippen LogP contribution in [0.15, 0.2) is 71.7 Å². The molecule has 3 aromatic carbocycles. The van der Waals surface area contributed by atoms with Gasteiger partial charge in [-0.3, -0.25) is 4.99 Å². The number of para-hydroxylation sites is 1. The van der Waals surface area contributed by atoms with Crippen LogP contribution in [-0.4, -0.2) is 11.3 Å². The van der Waals surface area contributed by atoms with Crippen LogP contribution in [0, 0.1) is 6.92 Å². The second-order valence-electron chi connectivity index (χ2n) is 7.76. The van der Waals surface area contributed by atoms with Crippen LogP contribution in [0.25, 0.3) is 0 Å². The highest BCUT2D eigenvalue weighted by atomic mass is 31.1. The molecule has 1 unspecified atom stereocenters. The zero-order chi connectivity index (χ0) is 19.4. The molecule has 0 aliphatic rings. The number of nitrogens with zero attached hydrogens (tertiary/aromatic N) is 1. The molecule has 3 aromatic rings. The molecule has 1 N–H and O–H groups in total. The number of aryl methyl sites for hydroxylation is 1. The molecule has 1 atom stereocenters. The van der Waals surface area contributed by atoms with Crippen LogP contribution in [0.1, 0.15) is 37.5 Å². The summed E-state index contributed by atoms with van der Waals surface area (Å²) in [6.07, 6.45) is 1.91. The third kappa shape index (κ3) is 4.84. The number of phenolic OH excluding ortho intramolecular Hbond substituents is 1. The number of hydrogen-bond acceptors (Lipinski definition) is 2. The van der Waals surface area contributed by atoms with E-state index in [0.717, 1.165) is 22.1 Å². The molecule has 0 aliphatic heterocycles. The Labute approximate surface area is 163 Å². The van der Waals surface area contributed by atoms with Crippen molar-refractivity contribution in [3.05, 3.63) is 83.4 Å². The summed E-state index contributed by atoms with van der Waals surface area (Å²) in [5.74, 6) is 0.418. The number of phenols is 1. The summed E-state index contributed by atoms with van der Waals surface area (Å²) in [6.45, 7) is 8.49. The first kappa shape index (κ1) is 19.3. The van der Waals surface area contributed by atoms with E-state index >= 15 is 0 Å². The van der Waals surface area contributed by atoms with Gasteiger partial charge in [-0.2, -0.15) is 0 Å². The van der Waals surface area contributed by atoms with E-state index in [4.69, 9.17) is 0 Å². The molecule has 0 aromatic heterocycles. The second-order valence-corrected chi connectivity index (χ2v) is 9.09. The van der Waals surface area contributed by atoms with Gasteiger partial charge < -0.3 is 5.11 Å². The van der Waals surface area contributed by atoms with Crippen molar-refractivity contribution < 1.29 is 5.11 Å². The summed E-state index contributed by atoms with van der Waals surface area (Å²) in [5.41, 5.74) is 4.10. The minimum atomic E-state index is -0.0936. The largest absolute Gasteiger partial charge is 0.507 e. The first-order valence-corrected chi connectivity index (χ1v) is 10.1. The van der Waals surface area contributed by atoms with E-state index in [1.165, 1.54) is 10.9 Å². The van der Waals surface area contributed by atoms with Gasteiger partial charge in [-0.1, -0.05) is 77.9 Å². The molecule has 3 heteroatoms. The second kappa shape index (κ2) is 8.06. The van der Waals surface area contributed by atoms with Gasteiger partial charge in [0.05, 0.1) is 5.69 Å². The molecule has 0 spiro atoms. The predicted molar refractivity (Wildman–Crippen MR) is 119 cm³/mol. The third-order valence-electron chi connectivity index (χ3n) is 4.40. The van der Waals surface area contributed by atoms with E-state index in [2.05, 4.69) is 57.0 Å². The van der Waals surface area contributed by atoms with Crippen LogP contribution in [0.2, 0.25) is 0 Å². The Morgan fingerprint density at radius 1 is 0.889 bits per heavy atom. The van der Waals surface area contributed by atoms with Crippen LogP contribution in [0.5, 0.6) is 5.75 Å². The summed E-state index contributed by atoms with van der Waals surface area (Å²) < 4.78 is 0. The summed E-state index contributed by atoms with van der Waals surface area (Å²) >= 11 is 0. The summed E-state index contributed by atoms with van der Waals surface area (Å²) in [5, 5.41) is 13.0. The Hall–Kier alpha value is -2.44. The van der Waals surface area contributed by atoms with Crippen LogP contribution < -0.4 is 10.6 Å². The maximum atomic E-state index is 10.9. The zero-order valence-electron chi connectivity index (χ0n) is 16.3. The molecule has 0 saturated heterocycles. The van der Waals surface area contributed by atoms with Crippen molar-refractivity contribution in [2.45, 2.75) is 33.1 Å². The van der Waals surface area contributed by atoms with Crippen LogP contribution in [-0.2, 0) is 5.41 Å². The van der Waals surface area contributed by atoms with Crippen molar-refractivity contribution in [2.24, 2.45) is 4.99 Å². The maximum Gasteiger partial charge on any atom is 0.127 e. The molecule has 0 heterocycles. The Morgan fingerprint density at radius 3 is 2.26 bits per heavy atom. The molecule has 0 aliphatic carbocycles. The van der Waals surface area contributed by atoms with Crippen LogP contribution in [0.4, 0.5) is 5.69 Å². The minimum Gasteiger partial charge on any atom is -0.507 e. The number of benzene rings is 3. The van der Waals surface area contributed by atoms with Crippen LogP contribution >= 0.6 is 8.58 Å². The lowest BCUT2D eigenvalue weighted by Crippen LogP contribution is -2.17. The normalized spacial score (nSPS) is 12.3. The van der Waals surface area contributed by atoms with E-state index < -0.39 is 0 Å². The molecule has 0 amide bonds. The maximum absolute atomic E-state index is 10.9. The predicted octanol–water partition coefficient (Wildman–Crippen LogP) is 5.38.